The van der Waals surface area contributed by atoms with Gasteiger partial charge < -0.3 is 8.83 Å². The minimum absolute atomic E-state index is 0.901. The first-order valence-electron chi connectivity index (χ1n) is 17.8. The van der Waals surface area contributed by atoms with Crippen LogP contribution in [-0.2, 0) is 0 Å². The molecule has 9 aromatic carbocycles. The average molecular weight is 663 g/mol. The van der Waals surface area contributed by atoms with Gasteiger partial charge in [0.1, 0.15) is 16.7 Å². The first kappa shape index (κ1) is 28.9. The number of para-hydroxylation sites is 1. The molecule has 11 rings (SSSR count). The minimum Gasteiger partial charge on any atom is -0.463 e. The maximum Gasteiger partial charge on any atom is 0.142 e. The third-order valence-corrected chi connectivity index (χ3v) is 10.8. The predicted octanol–water partition coefficient (Wildman–Crippen LogP) is 14.5. The SMILES string of the molecule is c1ccc(-c2coc3c2cc(-c2ccccc2-c2c4ccccc4c(-c4cccc5oc6ccccc6c45)c4ccccc24)c2ccccc23)cc1. The summed E-state index contributed by atoms with van der Waals surface area (Å²) >= 11 is 0. The Morgan fingerprint density at radius 3 is 1.54 bits per heavy atom. The molecule has 0 unspecified atom stereocenters. The van der Waals surface area contributed by atoms with Crippen LogP contribution in [0.5, 0.6) is 0 Å². The Balaban J connectivity index is 1.24. The zero-order valence-electron chi connectivity index (χ0n) is 28.1. The molecule has 0 spiro atoms. The van der Waals surface area contributed by atoms with Crippen LogP contribution >= 0.6 is 0 Å². The Morgan fingerprint density at radius 2 is 0.827 bits per heavy atom. The van der Waals surface area contributed by atoms with Crippen molar-refractivity contribution < 1.29 is 8.83 Å². The predicted molar refractivity (Wildman–Crippen MR) is 218 cm³/mol. The summed E-state index contributed by atoms with van der Waals surface area (Å²) in [4.78, 5) is 0. The first-order chi connectivity index (χ1) is 25.8. The number of benzene rings is 9. The lowest BCUT2D eigenvalue weighted by Crippen LogP contribution is -1.93. The van der Waals surface area contributed by atoms with Gasteiger partial charge in [0.2, 0.25) is 0 Å². The maximum atomic E-state index is 6.39. The largest absolute Gasteiger partial charge is 0.463 e. The summed E-state index contributed by atoms with van der Waals surface area (Å²) in [5.74, 6) is 0. The fraction of sp³-hybridized carbons (Fsp3) is 0. The molecule has 2 nitrogen and oxygen atoms in total. The van der Waals surface area contributed by atoms with E-state index >= 15 is 0 Å². The average Bonchev–Trinajstić information content (AvgIpc) is 3.82. The molecule has 0 aliphatic carbocycles. The van der Waals surface area contributed by atoms with Gasteiger partial charge >= 0.3 is 0 Å². The van der Waals surface area contributed by atoms with Gasteiger partial charge in [-0.05, 0) is 84.1 Å². The van der Waals surface area contributed by atoms with E-state index < -0.39 is 0 Å². The Bertz CT molecular complexity index is 3120. The highest BCUT2D eigenvalue weighted by atomic mass is 16.3. The molecule has 52 heavy (non-hydrogen) atoms. The third-order valence-electron chi connectivity index (χ3n) is 10.8. The molecule has 0 radical (unpaired) electrons. The van der Waals surface area contributed by atoms with E-state index in [9.17, 15) is 0 Å². The van der Waals surface area contributed by atoms with Crippen molar-refractivity contribution in [3.63, 3.8) is 0 Å². The van der Waals surface area contributed by atoms with Gasteiger partial charge in [0.05, 0.1) is 6.26 Å². The van der Waals surface area contributed by atoms with E-state index in [-0.39, 0.29) is 0 Å². The lowest BCUT2D eigenvalue weighted by molar-refractivity contribution is 0.620. The molecule has 0 bridgehead atoms. The number of rotatable bonds is 4. The van der Waals surface area contributed by atoms with E-state index in [0.717, 1.165) is 49.4 Å². The van der Waals surface area contributed by atoms with Crippen molar-refractivity contribution in [3.05, 3.63) is 182 Å². The molecule has 2 aromatic heterocycles. The quantitative estimate of drug-likeness (QED) is 0.175. The van der Waals surface area contributed by atoms with Crippen LogP contribution in [0.4, 0.5) is 0 Å². The van der Waals surface area contributed by atoms with Crippen LogP contribution in [0.25, 0.3) is 110 Å². The highest BCUT2D eigenvalue weighted by Gasteiger charge is 2.23. The van der Waals surface area contributed by atoms with Crippen molar-refractivity contribution in [1.29, 1.82) is 0 Å². The topological polar surface area (TPSA) is 26.3 Å². The van der Waals surface area contributed by atoms with Crippen LogP contribution in [0.15, 0.2) is 191 Å². The second kappa shape index (κ2) is 11.3. The molecule has 242 valence electrons. The molecule has 11 aromatic rings. The van der Waals surface area contributed by atoms with Gasteiger partial charge in [-0.2, -0.15) is 0 Å². The summed E-state index contributed by atoms with van der Waals surface area (Å²) in [6.07, 6.45) is 1.91. The zero-order chi connectivity index (χ0) is 34.2. The number of furan rings is 2. The second-order valence-corrected chi connectivity index (χ2v) is 13.5. The molecule has 0 atom stereocenters. The summed E-state index contributed by atoms with van der Waals surface area (Å²) in [5.41, 5.74) is 12.2. The number of hydrogen-bond donors (Lipinski definition) is 0. The summed E-state index contributed by atoms with van der Waals surface area (Å²) in [7, 11) is 0. The molecule has 0 saturated carbocycles. The fourth-order valence-electron chi connectivity index (χ4n) is 8.55. The molecule has 0 saturated heterocycles. The van der Waals surface area contributed by atoms with Crippen molar-refractivity contribution in [2.45, 2.75) is 0 Å². The van der Waals surface area contributed by atoms with E-state index in [0.29, 0.717) is 0 Å². The van der Waals surface area contributed by atoms with Gasteiger partial charge in [-0.1, -0.05) is 158 Å². The van der Waals surface area contributed by atoms with Gasteiger partial charge in [0.25, 0.3) is 0 Å². The highest BCUT2D eigenvalue weighted by Crippen LogP contribution is 2.49. The Morgan fingerprint density at radius 1 is 0.308 bits per heavy atom. The van der Waals surface area contributed by atoms with E-state index in [2.05, 4.69) is 170 Å². The van der Waals surface area contributed by atoms with Crippen LogP contribution < -0.4 is 0 Å². The van der Waals surface area contributed by atoms with Crippen LogP contribution in [0.3, 0.4) is 0 Å². The molecular weight excluding hydrogens is 633 g/mol. The standard InChI is InChI=1S/C50H30O2/c1-2-15-31(16-3-1)44-30-51-50-39-24-11-5-18-33(39)42(29-43(44)50)32-17-4-6-19-34(32)47-35-20-7-9-22-37(35)48(38-23-10-8-21-36(38)47)41-26-14-28-46-49(41)40-25-12-13-27-45(40)52-46/h1-30H. The molecule has 2 heterocycles. The lowest BCUT2D eigenvalue weighted by Gasteiger charge is -2.20. The van der Waals surface area contributed by atoms with E-state index in [4.69, 9.17) is 8.83 Å². The molecular formula is C50H30O2. The van der Waals surface area contributed by atoms with Crippen molar-refractivity contribution in [1.82, 2.24) is 0 Å². The fourth-order valence-corrected chi connectivity index (χ4v) is 8.55. The van der Waals surface area contributed by atoms with Gasteiger partial charge in [-0.3, -0.25) is 0 Å². The van der Waals surface area contributed by atoms with Crippen molar-refractivity contribution >= 4 is 65.2 Å². The Labute approximate surface area is 299 Å². The third kappa shape index (κ3) is 4.19. The summed E-state index contributed by atoms with van der Waals surface area (Å²) in [6, 6.07) is 63.0. The minimum atomic E-state index is 0.901. The molecule has 2 heteroatoms. The van der Waals surface area contributed by atoms with Crippen molar-refractivity contribution in [2.24, 2.45) is 0 Å². The van der Waals surface area contributed by atoms with Crippen molar-refractivity contribution in [3.8, 4) is 44.5 Å². The summed E-state index contributed by atoms with van der Waals surface area (Å²) in [6.45, 7) is 0. The molecule has 0 aliphatic heterocycles. The Kier molecular flexibility index (Phi) is 6.28. The summed E-state index contributed by atoms with van der Waals surface area (Å²) in [5, 5.41) is 10.5. The molecule has 0 amide bonds. The zero-order valence-corrected chi connectivity index (χ0v) is 28.1. The second-order valence-electron chi connectivity index (χ2n) is 13.5. The van der Waals surface area contributed by atoms with Crippen LogP contribution in [-0.4, -0.2) is 0 Å². The van der Waals surface area contributed by atoms with Gasteiger partial charge in [0, 0.05) is 27.1 Å². The van der Waals surface area contributed by atoms with Crippen LogP contribution in [0.2, 0.25) is 0 Å². The molecule has 0 aliphatic rings. The first-order valence-corrected chi connectivity index (χ1v) is 17.8. The van der Waals surface area contributed by atoms with E-state index in [1.165, 1.54) is 60.3 Å². The normalized spacial score (nSPS) is 11.8. The maximum absolute atomic E-state index is 6.39. The smallest absolute Gasteiger partial charge is 0.142 e. The van der Waals surface area contributed by atoms with E-state index in [1.807, 2.05) is 12.3 Å². The molecule has 0 fully saturated rings. The Hall–Kier alpha value is -6.90. The van der Waals surface area contributed by atoms with Gasteiger partial charge in [0.15, 0.2) is 0 Å². The van der Waals surface area contributed by atoms with Gasteiger partial charge in [-0.15, -0.1) is 0 Å². The van der Waals surface area contributed by atoms with E-state index in [1.54, 1.807) is 0 Å². The molecule has 0 N–H and O–H groups in total. The van der Waals surface area contributed by atoms with Crippen molar-refractivity contribution in [2.75, 3.05) is 0 Å². The van der Waals surface area contributed by atoms with Gasteiger partial charge in [-0.25, -0.2) is 0 Å². The lowest BCUT2D eigenvalue weighted by atomic mass is 9.82. The number of fused-ring (bicyclic) bond motifs is 8. The summed E-state index contributed by atoms with van der Waals surface area (Å²) < 4.78 is 12.7. The number of hydrogen-bond acceptors (Lipinski definition) is 2. The van der Waals surface area contributed by atoms with Crippen LogP contribution in [0, 0.1) is 0 Å². The monoisotopic (exact) mass is 662 g/mol. The highest BCUT2D eigenvalue weighted by molar-refractivity contribution is 6.27. The van der Waals surface area contributed by atoms with Crippen LogP contribution in [0.1, 0.15) is 0 Å².